The van der Waals surface area contributed by atoms with Gasteiger partial charge in [0.15, 0.2) is 0 Å². The summed E-state index contributed by atoms with van der Waals surface area (Å²) < 4.78 is 0. The van der Waals surface area contributed by atoms with Crippen LogP contribution in [0.25, 0.3) is 0 Å². The second-order valence-electron chi connectivity index (χ2n) is 1.98. The number of hydrogen-bond acceptors (Lipinski definition) is 0. The summed E-state index contributed by atoms with van der Waals surface area (Å²) in [4.78, 5) is 0. The van der Waals surface area contributed by atoms with Crippen LogP contribution in [0.5, 0.6) is 0 Å². The highest BCUT2D eigenvalue weighted by Gasteiger charge is 1.76. The third-order valence-electron chi connectivity index (χ3n) is 1.11. The third-order valence-corrected chi connectivity index (χ3v) is 1.11. The summed E-state index contributed by atoms with van der Waals surface area (Å²) >= 11 is 0. The predicted octanol–water partition coefficient (Wildman–Crippen LogP) is 3.12. The summed E-state index contributed by atoms with van der Waals surface area (Å²) in [6, 6.07) is 0. The Kier molecular flexibility index (Phi) is 7.05. The monoisotopic (exact) mass is 123 g/mol. The Hall–Kier alpha value is -0.520. The van der Waals surface area contributed by atoms with Crippen LogP contribution in [0.1, 0.15) is 26.2 Å². The van der Waals surface area contributed by atoms with E-state index in [2.05, 4.69) is 18.7 Å². The first-order valence-electron chi connectivity index (χ1n) is 3.47. The average Bonchev–Trinajstić information content (AvgIpc) is 1.89. The molecule has 0 unspecified atom stereocenters. The van der Waals surface area contributed by atoms with Crippen molar-refractivity contribution in [3.8, 4) is 0 Å². The summed E-state index contributed by atoms with van der Waals surface area (Å²) in [7, 11) is 0. The van der Waals surface area contributed by atoms with Crippen molar-refractivity contribution in [1.82, 2.24) is 0 Å². The van der Waals surface area contributed by atoms with Gasteiger partial charge in [0, 0.05) is 0 Å². The molecule has 0 fully saturated rings. The fraction of sp³-hybridized carbons (Fsp3) is 0.444. The molecule has 1 radical (unpaired) electrons. The first-order chi connectivity index (χ1) is 4.41. The van der Waals surface area contributed by atoms with Gasteiger partial charge in [-0.1, -0.05) is 25.2 Å². The van der Waals surface area contributed by atoms with Gasteiger partial charge in [-0.3, -0.25) is 0 Å². The molecular weight excluding hydrogens is 108 g/mol. The van der Waals surface area contributed by atoms with E-state index in [1.807, 2.05) is 19.4 Å². The molecular formula is C9H15. The molecule has 9 heavy (non-hydrogen) atoms. The van der Waals surface area contributed by atoms with Crippen molar-refractivity contribution in [2.75, 3.05) is 0 Å². The first kappa shape index (κ1) is 8.48. The number of unbranched alkanes of at least 4 members (excludes halogenated alkanes) is 2. The molecule has 0 aromatic carbocycles. The van der Waals surface area contributed by atoms with Crippen molar-refractivity contribution in [3.63, 3.8) is 0 Å². The van der Waals surface area contributed by atoms with Gasteiger partial charge >= 0.3 is 0 Å². The second-order valence-corrected chi connectivity index (χ2v) is 1.98. The van der Waals surface area contributed by atoms with Gasteiger partial charge in [0.1, 0.15) is 0 Å². The second kappa shape index (κ2) is 7.48. The molecule has 0 aliphatic rings. The molecule has 0 aliphatic heterocycles. The zero-order valence-electron chi connectivity index (χ0n) is 6.14. The molecule has 0 amide bonds. The average molecular weight is 123 g/mol. The van der Waals surface area contributed by atoms with Gasteiger partial charge in [0.05, 0.1) is 0 Å². The standard InChI is InChI=1S/C9H15/c1-3-5-7-9-8-6-4-2/h3-4,6,8H,1,5,7,9H2,2H3. The normalized spacial score (nSPS) is 10.3. The third kappa shape index (κ3) is 7.48. The Morgan fingerprint density at radius 1 is 1.33 bits per heavy atom. The van der Waals surface area contributed by atoms with Gasteiger partial charge in [-0.15, -0.1) is 6.58 Å². The minimum absolute atomic E-state index is 1.13. The Bertz CT molecular complexity index is 80.0. The van der Waals surface area contributed by atoms with Crippen LogP contribution in [0.2, 0.25) is 0 Å². The molecule has 0 spiro atoms. The van der Waals surface area contributed by atoms with Crippen molar-refractivity contribution in [1.29, 1.82) is 0 Å². The first-order valence-corrected chi connectivity index (χ1v) is 3.47. The maximum absolute atomic E-state index is 3.65. The summed E-state index contributed by atoms with van der Waals surface area (Å²) in [5, 5.41) is 0. The highest BCUT2D eigenvalue weighted by Crippen LogP contribution is 1.96. The van der Waals surface area contributed by atoms with E-state index in [0.717, 1.165) is 6.42 Å². The zero-order chi connectivity index (χ0) is 6.95. The van der Waals surface area contributed by atoms with Crippen LogP contribution in [-0.2, 0) is 0 Å². The molecule has 51 valence electrons. The molecule has 0 aliphatic carbocycles. The lowest BCUT2D eigenvalue weighted by Gasteiger charge is -1.86. The van der Waals surface area contributed by atoms with E-state index in [-0.39, 0.29) is 0 Å². The van der Waals surface area contributed by atoms with Crippen molar-refractivity contribution >= 4 is 0 Å². The van der Waals surface area contributed by atoms with Crippen molar-refractivity contribution in [3.05, 3.63) is 31.2 Å². The van der Waals surface area contributed by atoms with Crippen molar-refractivity contribution in [2.24, 2.45) is 0 Å². The molecule has 0 nitrogen and oxygen atoms in total. The van der Waals surface area contributed by atoms with Gasteiger partial charge in [-0.05, 0) is 25.7 Å². The number of hydrogen-bond donors (Lipinski definition) is 0. The fourth-order valence-corrected chi connectivity index (χ4v) is 0.612. The minimum Gasteiger partial charge on any atom is -0.103 e. The molecule has 0 heterocycles. The summed E-state index contributed by atoms with van der Waals surface area (Å²) in [5.74, 6) is 0. The lowest BCUT2D eigenvalue weighted by atomic mass is 10.2. The summed E-state index contributed by atoms with van der Waals surface area (Å²) in [5.41, 5.74) is 0. The van der Waals surface area contributed by atoms with E-state index in [1.54, 1.807) is 0 Å². The maximum Gasteiger partial charge on any atom is -0.0202 e. The predicted molar refractivity (Wildman–Crippen MR) is 43.2 cm³/mol. The van der Waals surface area contributed by atoms with Crippen LogP contribution in [-0.4, -0.2) is 0 Å². The molecule has 0 N–H and O–H groups in total. The molecule has 0 atom stereocenters. The highest BCUT2D eigenvalue weighted by atomic mass is 13.8. The van der Waals surface area contributed by atoms with Crippen molar-refractivity contribution in [2.45, 2.75) is 26.2 Å². The van der Waals surface area contributed by atoms with Crippen LogP contribution in [0, 0.1) is 6.42 Å². The number of rotatable bonds is 5. The van der Waals surface area contributed by atoms with Gasteiger partial charge in [0.2, 0.25) is 0 Å². The van der Waals surface area contributed by atoms with Crippen LogP contribution in [0.4, 0.5) is 0 Å². The maximum atomic E-state index is 3.65. The molecule has 0 heteroatoms. The van der Waals surface area contributed by atoms with Gasteiger partial charge in [-0.25, -0.2) is 0 Å². The quantitative estimate of drug-likeness (QED) is 0.389. The molecule has 0 bridgehead atoms. The van der Waals surface area contributed by atoms with Crippen LogP contribution in [0.3, 0.4) is 0 Å². The Balaban J connectivity index is 2.90. The summed E-state index contributed by atoms with van der Waals surface area (Å²) in [6.07, 6.45) is 11.8. The van der Waals surface area contributed by atoms with E-state index in [9.17, 15) is 0 Å². The smallest absolute Gasteiger partial charge is 0.0202 e. The lowest BCUT2D eigenvalue weighted by Crippen LogP contribution is -1.67. The van der Waals surface area contributed by atoms with E-state index in [4.69, 9.17) is 0 Å². The number of allylic oxidation sites excluding steroid dienone is 3. The van der Waals surface area contributed by atoms with Crippen molar-refractivity contribution < 1.29 is 0 Å². The molecule has 0 aromatic rings. The molecule has 0 aromatic heterocycles. The largest absolute Gasteiger partial charge is 0.103 e. The van der Waals surface area contributed by atoms with E-state index >= 15 is 0 Å². The highest BCUT2D eigenvalue weighted by molar-refractivity contribution is 4.91. The van der Waals surface area contributed by atoms with Gasteiger partial charge in [-0.2, -0.15) is 0 Å². The van der Waals surface area contributed by atoms with E-state index < -0.39 is 0 Å². The molecule has 0 rings (SSSR count). The van der Waals surface area contributed by atoms with Gasteiger partial charge < -0.3 is 0 Å². The SMILES string of the molecule is C=CCCCC=C[CH]C. The fourth-order valence-electron chi connectivity index (χ4n) is 0.612. The Labute approximate surface area is 58.3 Å². The van der Waals surface area contributed by atoms with Crippen LogP contribution >= 0.6 is 0 Å². The summed E-state index contributed by atoms with van der Waals surface area (Å²) in [6.45, 7) is 5.68. The van der Waals surface area contributed by atoms with E-state index in [1.165, 1.54) is 12.8 Å². The van der Waals surface area contributed by atoms with E-state index in [0.29, 0.717) is 0 Å². The van der Waals surface area contributed by atoms with Crippen LogP contribution in [0.15, 0.2) is 24.8 Å². The van der Waals surface area contributed by atoms with Gasteiger partial charge in [0.25, 0.3) is 0 Å². The molecule has 0 saturated carbocycles. The Morgan fingerprint density at radius 2 is 2.11 bits per heavy atom. The minimum atomic E-state index is 1.13. The lowest BCUT2D eigenvalue weighted by molar-refractivity contribution is 0.869. The Morgan fingerprint density at radius 3 is 2.67 bits per heavy atom. The van der Waals surface area contributed by atoms with Crippen LogP contribution < -0.4 is 0 Å². The topological polar surface area (TPSA) is 0 Å². The zero-order valence-corrected chi connectivity index (χ0v) is 6.14. The molecule has 0 saturated heterocycles.